The molecule has 1 heterocycles. The summed E-state index contributed by atoms with van der Waals surface area (Å²) in [5.41, 5.74) is 9.58. The van der Waals surface area contributed by atoms with Crippen LogP contribution in [-0.2, 0) is 6.54 Å². The standard InChI is InChI=1S/C23H20N4O2/c24-22(25)16-10-11-19-20(14-16)27(23(29)26-19)13-12-21(28)18-9-5-4-8-17(18)15-6-2-1-3-7-15/h1-11,14H,12-13H2,(H3,24,25)(H,26,29). The van der Waals surface area contributed by atoms with Crippen molar-refractivity contribution >= 4 is 22.7 Å². The van der Waals surface area contributed by atoms with Gasteiger partial charge in [-0.1, -0.05) is 54.6 Å². The van der Waals surface area contributed by atoms with Gasteiger partial charge in [0.2, 0.25) is 0 Å². The molecule has 4 rings (SSSR count). The molecule has 29 heavy (non-hydrogen) atoms. The number of fused-ring (bicyclic) bond motifs is 1. The Morgan fingerprint density at radius 3 is 2.48 bits per heavy atom. The van der Waals surface area contributed by atoms with Crippen molar-refractivity contribution in [2.75, 3.05) is 0 Å². The Balaban J connectivity index is 1.63. The molecule has 0 amide bonds. The number of carbonyl (C=O) groups is 1. The zero-order valence-electron chi connectivity index (χ0n) is 15.7. The molecule has 3 aromatic carbocycles. The van der Waals surface area contributed by atoms with Crippen LogP contribution in [0, 0.1) is 5.41 Å². The van der Waals surface area contributed by atoms with Gasteiger partial charge in [0.05, 0.1) is 11.0 Å². The van der Waals surface area contributed by atoms with Crippen LogP contribution in [-0.4, -0.2) is 21.2 Å². The molecule has 0 aliphatic heterocycles. The number of imidazole rings is 1. The lowest BCUT2D eigenvalue weighted by atomic mass is 9.96. The fourth-order valence-electron chi connectivity index (χ4n) is 3.49. The van der Waals surface area contributed by atoms with E-state index in [0.29, 0.717) is 22.2 Å². The second kappa shape index (κ2) is 7.59. The van der Waals surface area contributed by atoms with Gasteiger partial charge in [-0.15, -0.1) is 0 Å². The third kappa shape index (κ3) is 3.60. The topological polar surface area (TPSA) is 105 Å². The lowest BCUT2D eigenvalue weighted by Crippen LogP contribution is -2.19. The van der Waals surface area contributed by atoms with Crippen molar-refractivity contribution < 1.29 is 4.79 Å². The molecule has 144 valence electrons. The number of rotatable bonds is 6. The average molecular weight is 384 g/mol. The highest BCUT2D eigenvalue weighted by Crippen LogP contribution is 2.24. The van der Waals surface area contributed by atoms with E-state index in [4.69, 9.17) is 11.1 Å². The summed E-state index contributed by atoms with van der Waals surface area (Å²) in [6.07, 6.45) is 0.182. The predicted molar refractivity (Wildman–Crippen MR) is 114 cm³/mol. The minimum absolute atomic E-state index is 0.0339. The van der Waals surface area contributed by atoms with Crippen LogP contribution >= 0.6 is 0 Å². The smallest absolute Gasteiger partial charge is 0.326 e. The Morgan fingerprint density at radius 1 is 1.00 bits per heavy atom. The molecule has 0 unspecified atom stereocenters. The van der Waals surface area contributed by atoms with Crippen LogP contribution in [0.3, 0.4) is 0 Å². The number of benzene rings is 3. The quantitative estimate of drug-likeness (QED) is 0.269. The first-order valence-electron chi connectivity index (χ1n) is 9.29. The second-order valence-corrected chi connectivity index (χ2v) is 6.81. The van der Waals surface area contributed by atoms with Crippen molar-refractivity contribution in [2.45, 2.75) is 13.0 Å². The molecule has 0 saturated heterocycles. The Bertz CT molecular complexity index is 1270. The summed E-state index contributed by atoms with van der Waals surface area (Å²) < 4.78 is 1.52. The fourth-order valence-corrected chi connectivity index (χ4v) is 3.49. The van der Waals surface area contributed by atoms with Crippen LogP contribution in [0.25, 0.3) is 22.2 Å². The van der Waals surface area contributed by atoms with Crippen molar-refractivity contribution in [1.29, 1.82) is 5.41 Å². The van der Waals surface area contributed by atoms with Crippen LogP contribution < -0.4 is 11.4 Å². The number of hydrogen-bond donors (Lipinski definition) is 3. The zero-order valence-corrected chi connectivity index (χ0v) is 15.7. The van der Waals surface area contributed by atoms with Gasteiger partial charge in [0.25, 0.3) is 0 Å². The van der Waals surface area contributed by atoms with Crippen molar-refractivity contribution in [3.63, 3.8) is 0 Å². The summed E-state index contributed by atoms with van der Waals surface area (Å²) in [5, 5.41) is 7.60. The molecule has 0 spiro atoms. The van der Waals surface area contributed by atoms with Crippen molar-refractivity contribution in [2.24, 2.45) is 5.73 Å². The number of amidine groups is 1. The summed E-state index contributed by atoms with van der Waals surface area (Å²) in [7, 11) is 0. The largest absolute Gasteiger partial charge is 0.384 e. The van der Waals surface area contributed by atoms with E-state index in [0.717, 1.165) is 11.1 Å². The number of carbonyl (C=O) groups excluding carboxylic acids is 1. The number of ketones is 1. The molecule has 6 heteroatoms. The summed E-state index contributed by atoms with van der Waals surface area (Å²) in [6, 6.07) is 22.4. The highest BCUT2D eigenvalue weighted by molar-refractivity contribution is 6.02. The SMILES string of the molecule is N=C(N)c1ccc2[nH]c(=O)n(CCC(=O)c3ccccc3-c3ccccc3)c2c1. The number of nitrogens with two attached hydrogens (primary N) is 1. The van der Waals surface area contributed by atoms with Gasteiger partial charge in [0, 0.05) is 24.1 Å². The Morgan fingerprint density at radius 2 is 1.72 bits per heavy atom. The first kappa shape index (κ1) is 18.4. The van der Waals surface area contributed by atoms with Crippen LogP contribution in [0.4, 0.5) is 0 Å². The number of nitrogen functional groups attached to an aromatic ring is 1. The van der Waals surface area contributed by atoms with E-state index in [9.17, 15) is 9.59 Å². The molecule has 0 bridgehead atoms. The number of aromatic amines is 1. The third-order valence-corrected chi connectivity index (χ3v) is 4.96. The monoisotopic (exact) mass is 384 g/mol. The summed E-state index contributed by atoms with van der Waals surface area (Å²) in [4.78, 5) is 28.1. The first-order chi connectivity index (χ1) is 14.0. The summed E-state index contributed by atoms with van der Waals surface area (Å²) in [6.45, 7) is 0.238. The molecule has 6 nitrogen and oxygen atoms in total. The lowest BCUT2D eigenvalue weighted by molar-refractivity contribution is 0.0978. The third-order valence-electron chi connectivity index (χ3n) is 4.96. The number of aryl methyl sites for hydroxylation is 1. The summed E-state index contributed by atoms with van der Waals surface area (Å²) >= 11 is 0. The van der Waals surface area contributed by atoms with Crippen LogP contribution in [0.5, 0.6) is 0 Å². The molecule has 0 radical (unpaired) electrons. The predicted octanol–water partition coefficient (Wildman–Crippen LogP) is 3.55. The van der Waals surface area contributed by atoms with Crippen LogP contribution in [0.15, 0.2) is 77.6 Å². The molecule has 1 aromatic heterocycles. The van der Waals surface area contributed by atoms with Crippen LogP contribution in [0.1, 0.15) is 22.3 Å². The van der Waals surface area contributed by atoms with E-state index in [1.54, 1.807) is 18.2 Å². The molecule has 4 aromatic rings. The number of nitrogens with one attached hydrogen (secondary N) is 2. The highest BCUT2D eigenvalue weighted by atomic mass is 16.1. The van der Waals surface area contributed by atoms with Gasteiger partial charge in [-0.2, -0.15) is 0 Å². The van der Waals surface area contributed by atoms with Gasteiger partial charge < -0.3 is 10.7 Å². The van der Waals surface area contributed by atoms with Gasteiger partial charge in [0.15, 0.2) is 5.78 Å². The number of H-pyrrole nitrogens is 1. The van der Waals surface area contributed by atoms with E-state index in [1.165, 1.54) is 4.57 Å². The van der Waals surface area contributed by atoms with Gasteiger partial charge in [0.1, 0.15) is 5.84 Å². The minimum Gasteiger partial charge on any atom is -0.384 e. The molecule has 0 fully saturated rings. The molecule has 0 saturated carbocycles. The first-order valence-corrected chi connectivity index (χ1v) is 9.29. The Hall–Kier alpha value is -3.93. The number of Topliss-reactive ketones (excluding diaryl/α,β-unsaturated/α-hetero) is 1. The molecule has 0 aliphatic rings. The highest BCUT2D eigenvalue weighted by Gasteiger charge is 2.14. The van der Waals surface area contributed by atoms with Gasteiger partial charge >= 0.3 is 5.69 Å². The minimum atomic E-state index is -0.287. The van der Waals surface area contributed by atoms with Crippen LogP contribution in [0.2, 0.25) is 0 Å². The normalized spacial score (nSPS) is 10.9. The van der Waals surface area contributed by atoms with E-state index in [1.807, 2.05) is 54.6 Å². The lowest BCUT2D eigenvalue weighted by Gasteiger charge is -2.09. The molecular formula is C23H20N4O2. The molecule has 0 atom stereocenters. The second-order valence-electron chi connectivity index (χ2n) is 6.81. The molecular weight excluding hydrogens is 364 g/mol. The van der Waals surface area contributed by atoms with Gasteiger partial charge in [-0.3, -0.25) is 14.8 Å². The van der Waals surface area contributed by atoms with E-state index in [2.05, 4.69) is 4.98 Å². The number of hydrogen-bond acceptors (Lipinski definition) is 3. The maximum atomic E-state index is 13.0. The van der Waals surface area contributed by atoms with Crippen molar-refractivity contribution in [1.82, 2.24) is 9.55 Å². The Labute approximate surface area is 167 Å². The van der Waals surface area contributed by atoms with E-state index >= 15 is 0 Å². The molecule has 4 N–H and O–H groups in total. The summed E-state index contributed by atoms with van der Waals surface area (Å²) in [5.74, 6) is -0.103. The van der Waals surface area contributed by atoms with Gasteiger partial charge in [-0.05, 0) is 29.3 Å². The number of nitrogens with zero attached hydrogens (tertiary/aromatic N) is 1. The van der Waals surface area contributed by atoms with Crippen molar-refractivity contribution in [3.8, 4) is 11.1 Å². The van der Waals surface area contributed by atoms with E-state index < -0.39 is 0 Å². The van der Waals surface area contributed by atoms with E-state index in [-0.39, 0.29) is 30.3 Å². The maximum Gasteiger partial charge on any atom is 0.326 e. The van der Waals surface area contributed by atoms with Gasteiger partial charge in [-0.25, -0.2) is 4.79 Å². The maximum absolute atomic E-state index is 13.0. The zero-order chi connectivity index (χ0) is 20.4. The average Bonchev–Trinajstić information content (AvgIpc) is 3.06. The fraction of sp³-hybridized carbons (Fsp3) is 0.0870. The van der Waals surface area contributed by atoms with Crippen molar-refractivity contribution in [3.05, 3.63) is 94.4 Å². The number of aromatic nitrogens is 2. The Kier molecular flexibility index (Phi) is 4.83. The molecule has 0 aliphatic carbocycles.